The van der Waals surface area contributed by atoms with Crippen LogP contribution in [0.15, 0.2) is 49.3 Å². The van der Waals surface area contributed by atoms with Crippen molar-refractivity contribution in [1.29, 1.82) is 0 Å². The Morgan fingerprint density at radius 1 is 1.24 bits per heavy atom. The van der Waals surface area contributed by atoms with Crippen LogP contribution in [-0.4, -0.2) is 9.78 Å². The quantitative estimate of drug-likeness (QED) is 0.727. The number of hydrogen-bond acceptors (Lipinski definition) is 1. The summed E-state index contributed by atoms with van der Waals surface area (Å²) < 4.78 is 1.91. The molecule has 0 radical (unpaired) electrons. The van der Waals surface area contributed by atoms with E-state index in [0.29, 0.717) is 0 Å². The highest BCUT2D eigenvalue weighted by molar-refractivity contribution is 5.67. The molecule has 0 bridgehead atoms. The summed E-state index contributed by atoms with van der Waals surface area (Å²) in [6.45, 7) is 7.92. The Labute approximate surface area is 102 Å². The lowest BCUT2D eigenvalue weighted by Crippen LogP contribution is -2.02. The summed E-state index contributed by atoms with van der Waals surface area (Å²) in [6.07, 6.45) is 9.57. The van der Waals surface area contributed by atoms with Gasteiger partial charge in [0.1, 0.15) is 0 Å². The van der Waals surface area contributed by atoms with E-state index in [4.69, 9.17) is 0 Å². The molecular formula is C15H16N2. The zero-order valence-electron chi connectivity index (χ0n) is 10.2. The van der Waals surface area contributed by atoms with Gasteiger partial charge in [-0.05, 0) is 31.0 Å². The first-order valence-electron chi connectivity index (χ1n) is 5.63. The molecular weight excluding hydrogens is 208 g/mol. The summed E-state index contributed by atoms with van der Waals surface area (Å²) >= 11 is 0. The number of hydrogen-bond donors (Lipinski definition) is 0. The lowest BCUT2D eigenvalue weighted by molar-refractivity contribution is 0.869. The zero-order chi connectivity index (χ0) is 12.3. The lowest BCUT2D eigenvalue weighted by Gasteiger charge is -2.12. The molecule has 1 aromatic carbocycles. The zero-order valence-corrected chi connectivity index (χ0v) is 10.2. The molecule has 0 aliphatic rings. The summed E-state index contributed by atoms with van der Waals surface area (Å²) in [7, 11) is 0. The second kappa shape index (κ2) is 4.83. The van der Waals surface area contributed by atoms with Gasteiger partial charge in [-0.3, -0.25) is 0 Å². The van der Waals surface area contributed by atoms with Crippen LogP contribution in [0.3, 0.4) is 0 Å². The van der Waals surface area contributed by atoms with Crippen LogP contribution in [-0.2, 0) is 0 Å². The first-order valence-corrected chi connectivity index (χ1v) is 5.63. The molecule has 0 amide bonds. The molecule has 17 heavy (non-hydrogen) atoms. The molecule has 0 unspecified atom stereocenters. The molecule has 0 atom stereocenters. The minimum Gasteiger partial charge on any atom is -0.240 e. The standard InChI is InChI=1S/C15H16N2/c1-4-5-7-14-12(2)8-9-13(3)15(14)17-11-6-10-16-17/h4-11H,1H2,2-3H3/b7-5-. The van der Waals surface area contributed by atoms with Crippen molar-refractivity contribution in [2.24, 2.45) is 0 Å². The van der Waals surface area contributed by atoms with Gasteiger partial charge in [0.2, 0.25) is 0 Å². The van der Waals surface area contributed by atoms with Crippen LogP contribution in [0.5, 0.6) is 0 Å². The first-order chi connectivity index (χ1) is 8.24. The molecule has 2 heteroatoms. The monoisotopic (exact) mass is 224 g/mol. The highest BCUT2D eigenvalue weighted by Crippen LogP contribution is 2.23. The maximum atomic E-state index is 4.31. The number of aryl methyl sites for hydroxylation is 2. The third-order valence-electron chi connectivity index (χ3n) is 2.77. The van der Waals surface area contributed by atoms with E-state index in [9.17, 15) is 0 Å². The fourth-order valence-corrected chi connectivity index (χ4v) is 1.90. The third-order valence-corrected chi connectivity index (χ3v) is 2.77. The summed E-state index contributed by atoms with van der Waals surface area (Å²) in [5.74, 6) is 0. The number of nitrogens with zero attached hydrogens (tertiary/aromatic N) is 2. The van der Waals surface area contributed by atoms with Crippen LogP contribution in [0.4, 0.5) is 0 Å². The molecule has 86 valence electrons. The lowest BCUT2D eigenvalue weighted by atomic mass is 10.0. The predicted molar refractivity (Wildman–Crippen MR) is 72.3 cm³/mol. The molecule has 0 saturated carbocycles. The average Bonchev–Trinajstić information content (AvgIpc) is 2.83. The van der Waals surface area contributed by atoms with Crippen molar-refractivity contribution in [2.75, 3.05) is 0 Å². The Morgan fingerprint density at radius 3 is 2.65 bits per heavy atom. The van der Waals surface area contributed by atoms with Gasteiger partial charge in [-0.2, -0.15) is 5.10 Å². The highest BCUT2D eigenvalue weighted by atomic mass is 15.3. The number of allylic oxidation sites excluding steroid dienone is 2. The smallest absolute Gasteiger partial charge is 0.0749 e. The fourth-order valence-electron chi connectivity index (χ4n) is 1.90. The van der Waals surface area contributed by atoms with Crippen molar-refractivity contribution < 1.29 is 0 Å². The minimum atomic E-state index is 1.13. The number of benzene rings is 1. The summed E-state index contributed by atoms with van der Waals surface area (Å²) in [6, 6.07) is 6.19. The average molecular weight is 224 g/mol. The van der Waals surface area contributed by atoms with Crippen LogP contribution in [0, 0.1) is 13.8 Å². The van der Waals surface area contributed by atoms with Crippen molar-refractivity contribution in [2.45, 2.75) is 13.8 Å². The Balaban J connectivity index is 2.67. The van der Waals surface area contributed by atoms with E-state index in [1.54, 1.807) is 12.3 Å². The van der Waals surface area contributed by atoms with Gasteiger partial charge in [0.05, 0.1) is 5.69 Å². The molecule has 2 rings (SSSR count). The maximum Gasteiger partial charge on any atom is 0.0749 e. The molecule has 1 aromatic heterocycles. The number of aromatic nitrogens is 2. The molecule has 2 aromatic rings. The molecule has 2 nitrogen and oxygen atoms in total. The molecule has 0 N–H and O–H groups in total. The van der Waals surface area contributed by atoms with Crippen molar-refractivity contribution in [1.82, 2.24) is 9.78 Å². The van der Waals surface area contributed by atoms with Crippen molar-refractivity contribution in [3.63, 3.8) is 0 Å². The van der Waals surface area contributed by atoms with E-state index >= 15 is 0 Å². The Kier molecular flexibility index (Phi) is 3.24. The number of rotatable bonds is 3. The van der Waals surface area contributed by atoms with E-state index in [1.165, 1.54) is 16.7 Å². The predicted octanol–water partition coefficient (Wildman–Crippen LogP) is 3.69. The van der Waals surface area contributed by atoms with Crippen molar-refractivity contribution in [3.8, 4) is 5.69 Å². The van der Waals surface area contributed by atoms with Gasteiger partial charge < -0.3 is 0 Å². The van der Waals surface area contributed by atoms with Crippen LogP contribution < -0.4 is 0 Å². The first kappa shape index (κ1) is 11.4. The molecule has 1 heterocycles. The van der Waals surface area contributed by atoms with Crippen molar-refractivity contribution >= 4 is 6.08 Å². The molecule has 0 aliphatic carbocycles. The summed E-state index contributed by atoms with van der Waals surface area (Å²) in [4.78, 5) is 0. The van der Waals surface area contributed by atoms with E-state index in [1.807, 2.05) is 23.0 Å². The molecule has 0 saturated heterocycles. The van der Waals surface area contributed by atoms with Crippen LogP contribution in [0.25, 0.3) is 11.8 Å². The molecule has 0 spiro atoms. The Bertz CT molecular complexity index is 549. The minimum absolute atomic E-state index is 1.13. The fraction of sp³-hybridized carbons (Fsp3) is 0.133. The maximum absolute atomic E-state index is 4.31. The van der Waals surface area contributed by atoms with Gasteiger partial charge in [0.25, 0.3) is 0 Å². The van der Waals surface area contributed by atoms with Crippen LogP contribution >= 0.6 is 0 Å². The van der Waals surface area contributed by atoms with Gasteiger partial charge in [-0.1, -0.05) is 36.9 Å². The van der Waals surface area contributed by atoms with E-state index in [0.717, 1.165) is 5.69 Å². The van der Waals surface area contributed by atoms with Gasteiger partial charge in [0, 0.05) is 18.0 Å². The van der Waals surface area contributed by atoms with E-state index < -0.39 is 0 Å². The largest absolute Gasteiger partial charge is 0.240 e. The van der Waals surface area contributed by atoms with Crippen LogP contribution in [0.2, 0.25) is 0 Å². The molecule has 0 fully saturated rings. The normalized spacial score (nSPS) is 10.9. The highest BCUT2D eigenvalue weighted by Gasteiger charge is 2.08. The van der Waals surface area contributed by atoms with E-state index in [2.05, 4.69) is 43.7 Å². The summed E-state index contributed by atoms with van der Waals surface area (Å²) in [5.41, 5.74) is 4.77. The third kappa shape index (κ3) is 2.21. The summed E-state index contributed by atoms with van der Waals surface area (Å²) in [5, 5.41) is 4.31. The van der Waals surface area contributed by atoms with Gasteiger partial charge in [-0.25, -0.2) is 4.68 Å². The van der Waals surface area contributed by atoms with Gasteiger partial charge in [0.15, 0.2) is 0 Å². The van der Waals surface area contributed by atoms with Crippen molar-refractivity contribution in [3.05, 3.63) is 66.0 Å². The van der Waals surface area contributed by atoms with Gasteiger partial charge >= 0.3 is 0 Å². The van der Waals surface area contributed by atoms with Crippen LogP contribution in [0.1, 0.15) is 16.7 Å². The SMILES string of the molecule is C=C/C=C\c1c(C)ccc(C)c1-n1cccn1. The van der Waals surface area contributed by atoms with Gasteiger partial charge in [-0.15, -0.1) is 0 Å². The van der Waals surface area contributed by atoms with E-state index in [-0.39, 0.29) is 0 Å². The molecule has 0 aliphatic heterocycles. The Morgan fingerprint density at radius 2 is 2.00 bits per heavy atom. The topological polar surface area (TPSA) is 17.8 Å². The Hall–Kier alpha value is -2.09. The second-order valence-electron chi connectivity index (χ2n) is 4.01. The second-order valence-corrected chi connectivity index (χ2v) is 4.01.